The molecule has 3 N–H and O–H groups in total. The smallest absolute Gasteiger partial charge is 0.366 e. The summed E-state index contributed by atoms with van der Waals surface area (Å²) in [4.78, 5) is 29.7. The first-order chi connectivity index (χ1) is 12.1. The third-order valence-electron chi connectivity index (χ3n) is 3.69. The third kappa shape index (κ3) is 2.79. The second kappa shape index (κ2) is 5.90. The van der Waals surface area contributed by atoms with E-state index in [4.69, 9.17) is 5.73 Å². The zero-order chi connectivity index (χ0) is 19.2. The predicted octanol–water partition coefficient (Wildman–Crippen LogP) is 3.19. The number of nitrogens with one attached hydrogen (secondary N) is 1. The minimum Gasteiger partial charge on any atom is -0.366 e. The van der Waals surface area contributed by atoms with E-state index < -0.39 is 51.8 Å². The lowest BCUT2D eigenvalue weighted by molar-refractivity contribution is -0.137. The number of hydrogen-bond donors (Lipinski definition) is 2. The molecule has 0 spiro atoms. The highest BCUT2D eigenvalue weighted by atomic mass is 19.4. The molecule has 0 aliphatic heterocycles. The molecule has 134 valence electrons. The number of nitrogens with zero attached hydrogens (tertiary/aromatic N) is 1. The molecule has 0 saturated heterocycles. The fourth-order valence-corrected chi connectivity index (χ4v) is 2.43. The topological polar surface area (TPSA) is 88.8 Å². The van der Waals surface area contributed by atoms with Gasteiger partial charge in [-0.25, -0.2) is 13.8 Å². The van der Waals surface area contributed by atoms with Crippen molar-refractivity contribution in [2.75, 3.05) is 0 Å². The van der Waals surface area contributed by atoms with Crippen molar-refractivity contribution < 1.29 is 31.5 Å². The number of carbonyl (C=O) groups is 2. The van der Waals surface area contributed by atoms with Crippen LogP contribution in [0.4, 0.5) is 22.0 Å². The summed E-state index contributed by atoms with van der Waals surface area (Å²) in [7, 11) is 0. The summed E-state index contributed by atoms with van der Waals surface area (Å²) in [6, 6.07) is 2.08. The number of aromatic amines is 1. The Morgan fingerprint density at radius 3 is 2.42 bits per heavy atom. The molecule has 26 heavy (non-hydrogen) atoms. The third-order valence-corrected chi connectivity index (χ3v) is 3.69. The van der Waals surface area contributed by atoms with Gasteiger partial charge in [0.05, 0.1) is 16.7 Å². The van der Waals surface area contributed by atoms with Crippen LogP contribution in [0.15, 0.2) is 30.6 Å². The first-order valence-corrected chi connectivity index (χ1v) is 6.98. The molecule has 0 atom stereocenters. The Labute approximate surface area is 141 Å². The SMILES string of the molecule is NC(=O)c1ccc(F)c(C(=O)c2c[nH]c3ncc(C(F)(F)F)cc23)c1F. The lowest BCUT2D eigenvalue weighted by Crippen LogP contribution is -2.17. The van der Waals surface area contributed by atoms with Gasteiger partial charge in [-0.3, -0.25) is 9.59 Å². The first kappa shape index (κ1) is 17.5. The monoisotopic (exact) mass is 369 g/mol. The van der Waals surface area contributed by atoms with Gasteiger partial charge in [0.2, 0.25) is 5.78 Å². The number of aromatic nitrogens is 2. The highest BCUT2D eigenvalue weighted by molar-refractivity contribution is 6.16. The molecule has 0 unspecified atom stereocenters. The molecule has 0 aliphatic carbocycles. The van der Waals surface area contributed by atoms with Crippen molar-refractivity contribution >= 4 is 22.7 Å². The number of alkyl halides is 3. The van der Waals surface area contributed by atoms with E-state index in [-0.39, 0.29) is 11.0 Å². The van der Waals surface area contributed by atoms with Crippen molar-refractivity contribution in [3.8, 4) is 0 Å². The summed E-state index contributed by atoms with van der Waals surface area (Å²) < 4.78 is 66.8. The zero-order valence-electron chi connectivity index (χ0n) is 12.6. The molecule has 2 heterocycles. The van der Waals surface area contributed by atoms with Crippen LogP contribution in [0.1, 0.15) is 31.8 Å². The van der Waals surface area contributed by atoms with Crippen molar-refractivity contribution in [3.63, 3.8) is 0 Å². The number of pyridine rings is 1. The molecule has 10 heteroatoms. The van der Waals surface area contributed by atoms with Crippen LogP contribution in [0.3, 0.4) is 0 Å². The van der Waals surface area contributed by atoms with Crippen LogP contribution >= 0.6 is 0 Å². The summed E-state index contributed by atoms with van der Waals surface area (Å²) in [5.74, 6) is -5.25. The van der Waals surface area contributed by atoms with Crippen LogP contribution in [0.5, 0.6) is 0 Å². The van der Waals surface area contributed by atoms with Crippen molar-refractivity contribution in [2.45, 2.75) is 6.18 Å². The van der Waals surface area contributed by atoms with Gasteiger partial charge in [0.15, 0.2) is 0 Å². The minimum atomic E-state index is -4.72. The number of amides is 1. The number of H-pyrrole nitrogens is 1. The Morgan fingerprint density at radius 1 is 1.12 bits per heavy atom. The zero-order valence-corrected chi connectivity index (χ0v) is 12.6. The number of fused-ring (bicyclic) bond motifs is 1. The molecular formula is C16H8F5N3O2. The standard InChI is InChI=1S/C16H8F5N3O2/c17-10-2-1-7(14(22)26)12(18)11(10)13(25)9-5-24-15-8(9)3-6(4-23-15)16(19,20)21/h1-5H,(H2,22,26)(H,23,24). The van der Waals surface area contributed by atoms with Crippen LogP contribution in [-0.4, -0.2) is 21.7 Å². The lowest BCUT2D eigenvalue weighted by atomic mass is 9.99. The van der Waals surface area contributed by atoms with Crippen LogP contribution < -0.4 is 5.73 Å². The quantitative estimate of drug-likeness (QED) is 0.549. The van der Waals surface area contributed by atoms with E-state index in [1.54, 1.807) is 0 Å². The molecule has 1 amide bonds. The van der Waals surface area contributed by atoms with Crippen LogP contribution in [0.2, 0.25) is 0 Å². The largest absolute Gasteiger partial charge is 0.417 e. The van der Waals surface area contributed by atoms with E-state index in [1.807, 2.05) is 0 Å². The second-order valence-corrected chi connectivity index (χ2v) is 5.30. The Morgan fingerprint density at radius 2 is 1.81 bits per heavy atom. The Balaban J connectivity index is 2.20. The summed E-state index contributed by atoms with van der Waals surface area (Å²) in [5.41, 5.74) is 1.50. The van der Waals surface area contributed by atoms with Crippen LogP contribution in [-0.2, 0) is 6.18 Å². The summed E-state index contributed by atoms with van der Waals surface area (Å²) in [6.45, 7) is 0. The molecule has 0 radical (unpaired) electrons. The van der Waals surface area contributed by atoms with E-state index in [0.717, 1.165) is 12.3 Å². The number of carbonyl (C=O) groups excluding carboxylic acids is 2. The number of halogens is 5. The summed E-state index contributed by atoms with van der Waals surface area (Å²) >= 11 is 0. The second-order valence-electron chi connectivity index (χ2n) is 5.30. The van der Waals surface area contributed by atoms with Gasteiger partial charge in [-0.1, -0.05) is 0 Å². The molecule has 3 rings (SSSR count). The number of hydrogen-bond acceptors (Lipinski definition) is 3. The Kier molecular flexibility index (Phi) is 3.98. The van der Waals surface area contributed by atoms with Gasteiger partial charge in [0, 0.05) is 23.3 Å². The molecule has 2 aromatic heterocycles. The molecule has 0 bridgehead atoms. The van der Waals surface area contributed by atoms with Gasteiger partial charge in [-0.15, -0.1) is 0 Å². The van der Waals surface area contributed by atoms with E-state index >= 15 is 0 Å². The molecule has 1 aromatic carbocycles. The van der Waals surface area contributed by atoms with E-state index in [9.17, 15) is 31.5 Å². The highest BCUT2D eigenvalue weighted by Gasteiger charge is 2.32. The van der Waals surface area contributed by atoms with Crippen molar-refractivity contribution in [1.82, 2.24) is 9.97 Å². The van der Waals surface area contributed by atoms with Crippen molar-refractivity contribution in [3.05, 3.63) is 64.5 Å². The maximum absolute atomic E-state index is 14.3. The van der Waals surface area contributed by atoms with E-state index in [1.165, 1.54) is 0 Å². The maximum Gasteiger partial charge on any atom is 0.417 e. The average Bonchev–Trinajstić information content (AvgIpc) is 2.96. The Hall–Kier alpha value is -3.30. The lowest BCUT2D eigenvalue weighted by Gasteiger charge is -2.08. The van der Waals surface area contributed by atoms with Crippen molar-refractivity contribution in [2.24, 2.45) is 5.73 Å². The maximum atomic E-state index is 14.3. The fraction of sp³-hybridized carbons (Fsp3) is 0.0625. The molecule has 5 nitrogen and oxygen atoms in total. The number of nitrogens with two attached hydrogens (primary N) is 1. The number of ketones is 1. The average molecular weight is 369 g/mol. The molecule has 0 saturated carbocycles. The van der Waals surface area contributed by atoms with Gasteiger partial charge < -0.3 is 10.7 Å². The first-order valence-electron chi connectivity index (χ1n) is 6.98. The summed E-state index contributed by atoms with van der Waals surface area (Å²) in [5, 5.41) is -0.270. The Bertz CT molecular complexity index is 1060. The van der Waals surface area contributed by atoms with E-state index in [2.05, 4.69) is 9.97 Å². The predicted molar refractivity (Wildman–Crippen MR) is 79.4 cm³/mol. The van der Waals surface area contributed by atoms with E-state index in [0.29, 0.717) is 18.3 Å². The number of primary amides is 1. The van der Waals surface area contributed by atoms with Crippen molar-refractivity contribution in [1.29, 1.82) is 0 Å². The van der Waals surface area contributed by atoms with Gasteiger partial charge in [-0.05, 0) is 18.2 Å². The van der Waals surface area contributed by atoms with Gasteiger partial charge in [-0.2, -0.15) is 13.2 Å². The molecular weight excluding hydrogens is 361 g/mol. The van der Waals surface area contributed by atoms with Crippen LogP contribution in [0, 0.1) is 11.6 Å². The summed E-state index contributed by atoms with van der Waals surface area (Å²) in [6.07, 6.45) is -3.18. The minimum absolute atomic E-state index is 0.0757. The number of rotatable bonds is 3. The normalized spacial score (nSPS) is 11.7. The van der Waals surface area contributed by atoms with Gasteiger partial charge >= 0.3 is 6.18 Å². The molecule has 0 fully saturated rings. The number of benzene rings is 1. The van der Waals surface area contributed by atoms with Crippen LogP contribution in [0.25, 0.3) is 11.0 Å². The molecule has 3 aromatic rings. The van der Waals surface area contributed by atoms with Gasteiger partial charge in [0.25, 0.3) is 5.91 Å². The highest BCUT2D eigenvalue weighted by Crippen LogP contribution is 2.32. The molecule has 0 aliphatic rings. The fourth-order valence-electron chi connectivity index (χ4n) is 2.43. The van der Waals surface area contributed by atoms with Gasteiger partial charge in [0.1, 0.15) is 17.3 Å².